The minimum absolute atomic E-state index is 0.163. The fraction of sp³-hybridized carbons (Fsp3) is 0.435. The van der Waals surface area contributed by atoms with E-state index in [-0.39, 0.29) is 5.91 Å². The van der Waals surface area contributed by atoms with Gasteiger partial charge >= 0.3 is 0 Å². The molecule has 0 spiro atoms. The molecule has 1 fully saturated rings. The monoisotopic (exact) mass is 406 g/mol. The van der Waals surface area contributed by atoms with Gasteiger partial charge in [-0.15, -0.1) is 0 Å². The second kappa shape index (κ2) is 9.26. The standard InChI is InChI=1S/C23H30N6O/c1-3-27(4-2)16-17-29-20-12-6-5-11-19(20)25-23(29)26-22(30)18-10-9-13-24-21(18)28-14-7-8-15-28/h5-6,9-13H,3-4,7-8,14-17H2,1-2H3,(H,25,26,30). The van der Waals surface area contributed by atoms with Gasteiger partial charge in [0.05, 0.1) is 16.6 Å². The van der Waals surface area contributed by atoms with Crippen LogP contribution in [0.4, 0.5) is 11.8 Å². The van der Waals surface area contributed by atoms with Gasteiger partial charge in [-0.2, -0.15) is 0 Å². The van der Waals surface area contributed by atoms with Crippen molar-refractivity contribution in [1.29, 1.82) is 0 Å². The molecule has 0 radical (unpaired) electrons. The summed E-state index contributed by atoms with van der Waals surface area (Å²) in [5.41, 5.74) is 2.52. The summed E-state index contributed by atoms with van der Waals surface area (Å²) in [6, 6.07) is 11.7. The van der Waals surface area contributed by atoms with E-state index < -0.39 is 0 Å². The van der Waals surface area contributed by atoms with E-state index in [9.17, 15) is 4.79 Å². The first-order valence-electron chi connectivity index (χ1n) is 10.9. The molecule has 0 unspecified atom stereocenters. The molecular formula is C23H30N6O. The average molecular weight is 407 g/mol. The Hall–Kier alpha value is -2.93. The molecule has 1 amide bonds. The van der Waals surface area contributed by atoms with Gasteiger partial charge in [0.2, 0.25) is 5.95 Å². The molecule has 3 heterocycles. The van der Waals surface area contributed by atoms with Crippen LogP contribution >= 0.6 is 0 Å². The van der Waals surface area contributed by atoms with Crippen LogP contribution in [0.15, 0.2) is 42.6 Å². The Morgan fingerprint density at radius 3 is 2.63 bits per heavy atom. The highest BCUT2D eigenvalue weighted by Crippen LogP contribution is 2.24. The lowest BCUT2D eigenvalue weighted by atomic mass is 10.2. The number of benzene rings is 1. The number of hydrogen-bond acceptors (Lipinski definition) is 5. The van der Waals surface area contributed by atoms with Gasteiger partial charge in [0.15, 0.2) is 0 Å². The van der Waals surface area contributed by atoms with Gasteiger partial charge in [-0.25, -0.2) is 9.97 Å². The van der Waals surface area contributed by atoms with Crippen LogP contribution in [-0.2, 0) is 6.54 Å². The summed E-state index contributed by atoms with van der Waals surface area (Å²) in [4.78, 5) is 27.0. The number of carbonyl (C=O) groups excluding carboxylic acids is 1. The summed E-state index contributed by atoms with van der Waals surface area (Å²) >= 11 is 0. The van der Waals surface area contributed by atoms with Crippen LogP contribution in [0, 0.1) is 0 Å². The van der Waals surface area contributed by atoms with Crippen molar-refractivity contribution in [1.82, 2.24) is 19.4 Å². The molecule has 1 aliphatic rings. The molecule has 1 N–H and O–H groups in total. The third-order valence-corrected chi connectivity index (χ3v) is 5.85. The van der Waals surface area contributed by atoms with Crippen LogP contribution in [0.5, 0.6) is 0 Å². The summed E-state index contributed by atoms with van der Waals surface area (Å²) < 4.78 is 2.11. The third kappa shape index (κ3) is 4.16. The number of para-hydroxylation sites is 2. The molecule has 158 valence electrons. The van der Waals surface area contributed by atoms with Crippen molar-refractivity contribution in [2.24, 2.45) is 0 Å². The van der Waals surface area contributed by atoms with Gasteiger partial charge < -0.3 is 14.4 Å². The quantitative estimate of drug-likeness (QED) is 0.619. The molecule has 3 aromatic rings. The minimum atomic E-state index is -0.163. The molecule has 2 aromatic heterocycles. The lowest BCUT2D eigenvalue weighted by molar-refractivity contribution is 0.102. The number of aromatic nitrogens is 3. The Bertz CT molecular complexity index is 1000. The molecule has 1 saturated heterocycles. The summed E-state index contributed by atoms with van der Waals surface area (Å²) in [7, 11) is 0. The van der Waals surface area contributed by atoms with Crippen LogP contribution in [0.3, 0.4) is 0 Å². The van der Waals surface area contributed by atoms with Crippen molar-refractivity contribution >= 4 is 28.7 Å². The topological polar surface area (TPSA) is 66.3 Å². The first kappa shape index (κ1) is 20.3. The second-order valence-corrected chi connectivity index (χ2v) is 7.63. The number of nitrogens with zero attached hydrogens (tertiary/aromatic N) is 5. The Balaban J connectivity index is 1.62. The van der Waals surface area contributed by atoms with Gasteiger partial charge in [-0.05, 0) is 50.2 Å². The van der Waals surface area contributed by atoms with Crippen molar-refractivity contribution in [3.8, 4) is 0 Å². The fourth-order valence-electron chi connectivity index (χ4n) is 4.10. The molecule has 4 rings (SSSR count). The van der Waals surface area contributed by atoms with Crippen LogP contribution in [-0.4, -0.2) is 58.1 Å². The first-order valence-corrected chi connectivity index (χ1v) is 10.9. The Kier molecular flexibility index (Phi) is 6.28. The number of anilines is 2. The van der Waals surface area contributed by atoms with Crippen LogP contribution in [0.2, 0.25) is 0 Å². The summed E-state index contributed by atoms with van der Waals surface area (Å²) in [5, 5.41) is 3.07. The van der Waals surface area contributed by atoms with Crippen molar-refractivity contribution in [2.75, 3.05) is 42.9 Å². The molecule has 1 aromatic carbocycles. The predicted molar refractivity (Wildman–Crippen MR) is 121 cm³/mol. The maximum absolute atomic E-state index is 13.2. The Labute approximate surface area is 177 Å². The smallest absolute Gasteiger partial charge is 0.261 e. The Morgan fingerprint density at radius 2 is 1.87 bits per heavy atom. The molecule has 7 heteroatoms. The molecular weight excluding hydrogens is 376 g/mol. The number of rotatable bonds is 8. The van der Waals surface area contributed by atoms with E-state index in [2.05, 4.69) is 44.6 Å². The summed E-state index contributed by atoms with van der Waals surface area (Å²) in [5.74, 6) is 1.19. The number of nitrogens with one attached hydrogen (secondary N) is 1. The summed E-state index contributed by atoms with van der Waals surface area (Å²) in [6.45, 7) is 9.89. The van der Waals surface area contributed by atoms with Gasteiger partial charge in [-0.3, -0.25) is 10.1 Å². The van der Waals surface area contributed by atoms with Gasteiger partial charge in [0.1, 0.15) is 5.82 Å². The van der Waals surface area contributed by atoms with E-state index in [0.717, 1.165) is 69.0 Å². The first-order chi connectivity index (χ1) is 14.7. The largest absolute Gasteiger partial charge is 0.356 e. The number of fused-ring (bicyclic) bond motifs is 1. The molecule has 0 aliphatic carbocycles. The van der Waals surface area contributed by atoms with E-state index >= 15 is 0 Å². The Morgan fingerprint density at radius 1 is 1.10 bits per heavy atom. The van der Waals surface area contributed by atoms with E-state index in [1.54, 1.807) is 6.20 Å². The number of carbonyl (C=O) groups is 1. The zero-order chi connectivity index (χ0) is 20.9. The molecule has 0 saturated carbocycles. The molecule has 0 atom stereocenters. The van der Waals surface area contributed by atoms with Crippen molar-refractivity contribution in [3.05, 3.63) is 48.2 Å². The van der Waals surface area contributed by atoms with E-state index in [1.807, 2.05) is 30.3 Å². The number of amides is 1. The highest BCUT2D eigenvalue weighted by atomic mass is 16.1. The zero-order valence-corrected chi connectivity index (χ0v) is 17.8. The highest BCUT2D eigenvalue weighted by molar-refractivity contribution is 6.07. The van der Waals surface area contributed by atoms with Crippen molar-refractivity contribution in [2.45, 2.75) is 33.2 Å². The van der Waals surface area contributed by atoms with Gasteiger partial charge in [0.25, 0.3) is 5.91 Å². The maximum atomic E-state index is 13.2. The minimum Gasteiger partial charge on any atom is -0.356 e. The van der Waals surface area contributed by atoms with Gasteiger partial charge in [-0.1, -0.05) is 26.0 Å². The molecule has 7 nitrogen and oxygen atoms in total. The zero-order valence-electron chi connectivity index (χ0n) is 17.8. The number of hydrogen-bond donors (Lipinski definition) is 1. The fourth-order valence-corrected chi connectivity index (χ4v) is 4.10. The van der Waals surface area contributed by atoms with E-state index in [4.69, 9.17) is 4.98 Å². The lowest BCUT2D eigenvalue weighted by Crippen LogP contribution is -2.28. The molecule has 0 bridgehead atoms. The lowest BCUT2D eigenvalue weighted by Gasteiger charge is -2.20. The summed E-state index contributed by atoms with van der Waals surface area (Å²) in [6.07, 6.45) is 4.03. The SMILES string of the molecule is CCN(CC)CCn1c(NC(=O)c2cccnc2N2CCCC2)nc2ccccc21. The predicted octanol–water partition coefficient (Wildman–Crippen LogP) is 3.63. The number of likely N-dealkylation sites (N-methyl/N-ethyl adjacent to an activating group) is 1. The number of imidazole rings is 1. The van der Waals surface area contributed by atoms with E-state index in [1.165, 1.54) is 0 Å². The van der Waals surface area contributed by atoms with E-state index in [0.29, 0.717) is 11.5 Å². The third-order valence-electron chi connectivity index (χ3n) is 5.85. The van der Waals surface area contributed by atoms with Crippen LogP contribution in [0.25, 0.3) is 11.0 Å². The van der Waals surface area contributed by atoms with Crippen LogP contribution in [0.1, 0.15) is 37.0 Å². The normalized spacial score (nSPS) is 14.0. The molecule has 1 aliphatic heterocycles. The average Bonchev–Trinajstić information content (AvgIpc) is 3.43. The maximum Gasteiger partial charge on any atom is 0.261 e. The second-order valence-electron chi connectivity index (χ2n) is 7.63. The number of pyridine rings is 1. The van der Waals surface area contributed by atoms with Crippen molar-refractivity contribution in [3.63, 3.8) is 0 Å². The van der Waals surface area contributed by atoms with Crippen molar-refractivity contribution < 1.29 is 4.79 Å². The van der Waals surface area contributed by atoms with Gasteiger partial charge in [0, 0.05) is 32.4 Å². The molecule has 30 heavy (non-hydrogen) atoms. The highest BCUT2D eigenvalue weighted by Gasteiger charge is 2.22. The van der Waals surface area contributed by atoms with Crippen LogP contribution < -0.4 is 10.2 Å².